The van der Waals surface area contributed by atoms with Gasteiger partial charge in [-0.1, -0.05) is 12.1 Å². The average molecular weight is 377 g/mol. The van der Waals surface area contributed by atoms with E-state index >= 15 is 0 Å². The molecule has 0 radical (unpaired) electrons. The average Bonchev–Trinajstić information content (AvgIpc) is 2.67. The summed E-state index contributed by atoms with van der Waals surface area (Å²) in [6.45, 7) is 7.98. The summed E-state index contributed by atoms with van der Waals surface area (Å²) in [4.78, 5) is 17.2. The van der Waals surface area contributed by atoms with E-state index in [-0.39, 0.29) is 0 Å². The van der Waals surface area contributed by atoms with Crippen molar-refractivity contribution in [1.29, 1.82) is 0 Å². The molecule has 0 aliphatic carbocycles. The summed E-state index contributed by atoms with van der Waals surface area (Å²) >= 11 is 0. The Morgan fingerprint density at radius 2 is 1.70 bits per heavy atom. The molecule has 1 saturated heterocycles. The molecule has 5 nitrogen and oxygen atoms in total. The lowest BCUT2D eigenvalue weighted by Gasteiger charge is -2.44. The molecule has 1 heterocycles. The standard InChI is InChI=1S/C22H36N2O3/c1-18-16-23(17-19(2)24(18)14-7-15-26-3)22(25)9-6-5-8-20-10-12-21(27-4)13-11-20/h10-13,18-19H,5-9,14-17H2,1-4H3. The van der Waals surface area contributed by atoms with E-state index in [1.54, 1.807) is 14.2 Å². The van der Waals surface area contributed by atoms with Crippen molar-refractivity contribution in [2.75, 3.05) is 40.5 Å². The summed E-state index contributed by atoms with van der Waals surface area (Å²) in [5.74, 6) is 1.19. The Balaban J connectivity index is 1.69. The maximum Gasteiger partial charge on any atom is 0.222 e. The molecule has 0 spiro atoms. The Hall–Kier alpha value is -1.59. The Kier molecular flexibility index (Phi) is 9.08. The third kappa shape index (κ3) is 6.82. The van der Waals surface area contributed by atoms with Crippen LogP contribution in [0.15, 0.2) is 24.3 Å². The first-order valence-corrected chi connectivity index (χ1v) is 10.2. The molecule has 0 bridgehead atoms. The van der Waals surface area contributed by atoms with Gasteiger partial charge in [-0.15, -0.1) is 0 Å². The maximum absolute atomic E-state index is 12.6. The number of unbranched alkanes of at least 4 members (excludes halogenated alkanes) is 1. The van der Waals surface area contributed by atoms with Gasteiger partial charge in [-0.3, -0.25) is 9.69 Å². The highest BCUT2D eigenvalue weighted by Gasteiger charge is 2.30. The van der Waals surface area contributed by atoms with E-state index in [4.69, 9.17) is 9.47 Å². The first-order valence-electron chi connectivity index (χ1n) is 10.2. The monoisotopic (exact) mass is 376 g/mol. The van der Waals surface area contributed by atoms with Crippen LogP contribution in [-0.4, -0.2) is 68.3 Å². The number of methoxy groups -OCH3 is 2. The van der Waals surface area contributed by atoms with Gasteiger partial charge in [0.05, 0.1) is 7.11 Å². The number of ether oxygens (including phenoxy) is 2. The van der Waals surface area contributed by atoms with E-state index in [9.17, 15) is 4.79 Å². The third-order valence-electron chi connectivity index (χ3n) is 5.48. The van der Waals surface area contributed by atoms with Crippen molar-refractivity contribution in [3.8, 4) is 5.75 Å². The molecule has 0 aromatic heterocycles. The zero-order valence-corrected chi connectivity index (χ0v) is 17.4. The summed E-state index contributed by atoms with van der Waals surface area (Å²) in [5, 5.41) is 0. The first-order chi connectivity index (χ1) is 13.0. The van der Waals surface area contributed by atoms with Crippen LogP contribution in [0.5, 0.6) is 5.75 Å². The lowest BCUT2D eigenvalue weighted by molar-refractivity contribution is -0.135. The normalized spacial score (nSPS) is 20.7. The minimum absolute atomic E-state index is 0.306. The van der Waals surface area contributed by atoms with Crippen LogP contribution in [0.2, 0.25) is 0 Å². The van der Waals surface area contributed by atoms with Gasteiger partial charge in [-0.05, 0) is 57.2 Å². The maximum atomic E-state index is 12.6. The largest absolute Gasteiger partial charge is 0.497 e. The van der Waals surface area contributed by atoms with E-state index in [2.05, 4.69) is 35.8 Å². The molecule has 5 heteroatoms. The van der Waals surface area contributed by atoms with Gasteiger partial charge >= 0.3 is 0 Å². The molecule has 2 rings (SSSR count). The van der Waals surface area contributed by atoms with Gasteiger partial charge in [-0.2, -0.15) is 0 Å². The van der Waals surface area contributed by atoms with Crippen molar-refractivity contribution < 1.29 is 14.3 Å². The number of benzene rings is 1. The highest BCUT2D eigenvalue weighted by Crippen LogP contribution is 2.18. The van der Waals surface area contributed by atoms with E-state index in [0.29, 0.717) is 24.4 Å². The van der Waals surface area contributed by atoms with Crippen LogP contribution in [0.4, 0.5) is 0 Å². The van der Waals surface area contributed by atoms with Gasteiger partial charge in [-0.25, -0.2) is 0 Å². The Morgan fingerprint density at radius 3 is 2.30 bits per heavy atom. The molecule has 1 aromatic rings. The molecule has 2 atom stereocenters. The quantitative estimate of drug-likeness (QED) is 0.587. The molecular weight excluding hydrogens is 340 g/mol. The van der Waals surface area contributed by atoms with Gasteiger partial charge in [0.15, 0.2) is 0 Å². The van der Waals surface area contributed by atoms with Crippen molar-refractivity contribution in [2.24, 2.45) is 0 Å². The molecule has 152 valence electrons. The van der Waals surface area contributed by atoms with Crippen LogP contribution >= 0.6 is 0 Å². The highest BCUT2D eigenvalue weighted by molar-refractivity contribution is 5.76. The number of aryl methyl sites for hydroxylation is 1. The summed E-state index contributed by atoms with van der Waals surface area (Å²) in [7, 11) is 3.43. The van der Waals surface area contributed by atoms with Crippen LogP contribution in [0, 0.1) is 0 Å². The van der Waals surface area contributed by atoms with Crippen molar-refractivity contribution in [3.63, 3.8) is 0 Å². The number of nitrogens with zero attached hydrogens (tertiary/aromatic N) is 2. The molecule has 1 amide bonds. The van der Waals surface area contributed by atoms with Gasteiger partial charge in [0, 0.05) is 51.9 Å². The fourth-order valence-corrected chi connectivity index (χ4v) is 3.95. The van der Waals surface area contributed by atoms with Crippen LogP contribution in [0.25, 0.3) is 0 Å². The predicted molar refractivity (Wildman–Crippen MR) is 109 cm³/mol. The SMILES string of the molecule is COCCCN1C(C)CN(C(=O)CCCCc2ccc(OC)cc2)CC1C. The molecule has 27 heavy (non-hydrogen) atoms. The number of piperazine rings is 1. The van der Waals surface area contributed by atoms with Crippen molar-refractivity contribution >= 4 is 5.91 Å². The molecule has 2 unspecified atom stereocenters. The lowest BCUT2D eigenvalue weighted by atomic mass is 10.0. The number of rotatable bonds is 10. The second-order valence-electron chi connectivity index (χ2n) is 7.64. The van der Waals surface area contributed by atoms with Crippen LogP contribution in [0.3, 0.4) is 0 Å². The van der Waals surface area contributed by atoms with Crippen LogP contribution in [0.1, 0.15) is 45.1 Å². The molecule has 0 saturated carbocycles. The summed E-state index contributed by atoms with van der Waals surface area (Å²) in [5.41, 5.74) is 1.30. The highest BCUT2D eigenvalue weighted by atomic mass is 16.5. The zero-order valence-electron chi connectivity index (χ0n) is 17.4. The van der Waals surface area contributed by atoms with Crippen molar-refractivity contribution in [2.45, 2.75) is 58.0 Å². The number of amides is 1. The summed E-state index contributed by atoms with van der Waals surface area (Å²) in [6, 6.07) is 9.02. The molecule has 0 N–H and O–H groups in total. The minimum Gasteiger partial charge on any atom is -0.497 e. The lowest BCUT2D eigenvalue weighted by Crippen LogP contribution is -2.58. The number of carbonyl (C=O) groups is 1. The van der Waals surface area contributed by atoms with Crippen LogP contribution < -0.4 is 4.74 Å². The summed E-state index contributed by atoms with van der Waals surface area (Å²) < 4.78 is 10.3. The van der Waals surface area contributed by atoms with E-state index in [1.807, 2.05) is 12.1 Å². The van der Waals surface area contributed by atoms with Gasteiger partial charge < -0.3 is 14.4 Å². The van der Waals surface area contributed by atoms with E-state index < -0.39 is 0 Å². The molecule has 1 aliphatic heterocycles. The fraction of sp³-hybridized carbons (Fsp3) is 0.682. The van der Waals surface area contributed by atoms with E-state index in [1.165, 1.54) is 5.56 Å². The fourth-order valence-electron chi connectivity index (χ4n) is 3.95. The second-order valence-corrected chi connectivity index (χ2v) is 7.64. The van der Waals surface area contributed by atoms with Gasteiger partial charge in [0.1, 0.15) is 5.75 Å². The van der Waals surface area contributed by atoms with Gasteiger partial charge in [0.2, 0.25) is 5.91 Å². The predicted octanol–water partition coefficient (Wildman–Crippen LogP) is 3.37. The van der Waals surface area contributed by atoms with E-state index in [0.717, 1.165) is 57.7 Å². The number of hydrogen-bond donors (Lipinski definition) is 0. The first kappa shape index (κ1) is 21.7. The minimum atomic E-state index is 0.306. The topological polar surface area (TPSA) is 42.0 Å². The van der Waals surface area contributed by atoms with Crippen molar-refractivity contribution in [1.82, 2.24) is 9.80 Å². The second kappa shape index (κ2) is 11.3. The van der Waals surface area contributed by atoms with Crippen molar-refractivity contribution in [3.05, 3.63) is 29.8 Å². The summed E-state index contributed by atoms with van der Waals surface area (Å²) in [6.07, 6.45) is 4.70. The smallest absolute Gasteiger partial charge is 0.222 e. The molecule has 1 aliphatic rings. The Morgan fingerprint density at radius 1 is 1.04 bits per heavy atom. The Bertz CT molecular complexity index is 549. The van der Waals surface area contributed by atoms with Crippen LogP contribution in [-0.2, 0) is 16.0 Å². The Labute approximate surface area is 164 Å². The number of hydrogen-bond acceptors (Lipinski definition) is 4. The number of carbonyl (C=O) groups excluding carboxylic acids is 1. The third-order valence-corrected chi connectivity index (χ3v) is 5.48. The zero-order chi connectivity index (χ0) is 19.6. The molecule has 1 aromatic carbocycles. The van der Waals surface area contributed by atoms with Gasteiger partial charge in [0.25, 0.3) is 0 Å². The molecular formula is C22H36N2O3. The molecule has 1 fully saturated rings.